The van der Waals surface area contributed by atoms with Gasteiger partial charge in [0.05, 0.1) is 24.5 Å². The number of amides is 1. The van der Waals surface area contributed by atoms with Gasteiger partial charge in [0.25, 0.3) is 0 Å². The number of carboxylic acid groups (broad SMARTS) is 1. The van der Waals surface area contributed by atoms with E-state index in [1.165, 1.54) is 19.3 Å². The number of nitrogens with one attached hydrogen (secondary N) is 1. The summed E-state index contributed by atoms with van der Waals surface area (Å²) in [5, 5.41) is 12.0. The van der Waals surface area contributed by atoms with Crippen molar-refractivity contribution in [3.8, 4) is 0 Å². The highest BCUT2D eigenvalue weighted by Gasteiger charge is 2.40. The molecule has 0 aliphatic heterocycles. The van der Waals surface area contributed by atoms with Gasteiger partial charge in [-0.15, -0.1) is 0 Å². The largest absolute Gasteiger partial charge is 0.481 e. The fourth-order valence-electron chi connectivity index (χ4n) is 3.62. The molecule has 21 heavy (non-hydrogen) atoms. The molecule has 3 atom stereocenters. The van der Waals surface area contributed by atoms with Crippen molar-refractivity contribution in [2.45, 2.75) is 58.0 Å². The summed E-state index contributed by atoms with van der Waals surface area (Å²) in [6.45, 7) is 3.01. The monoisotopic (exact) mass is 297 g/mol. The summed E-state index contributed by atoms with van der Waals surface area (Å²) in [6, 6.07) is 0. The number of carbonyl (C=O) groups is 2. The van der Waals surface area contributed by atoms with Gasteiger partial charge in [0.15, 0.2) is 0 Å². The molecular formula is C16H27NO4. The first-order chi connectivity index (χ1) is 10.1. The molecule has 0 heterocycles. The summed E-state index contributed by atoms with van der Waals surface area (Å²) in [6.07, 6.45) is 7.62. The molecule has 0 bridgehead atoms. The summed E-state index contributed by atoms with van der Waals surface area (Å²) in [4.78, 5) is 23.3. The standard InChI is InChI=1S/C16H27NO4/c1-11-9-13(14(10-11)16(19)20)15(18)17-7-8-21-12-5-3-2-4-6-12/h11-14H,2-10H2,1H3,(H,17,18)(H,19,20). The van der Waals surface area contributed by atoms with Gasteiger partial charge in [-0.05, 0) is 31.6 Å². The second kappa shape index (κ2) is 7.78. The maximum Gasteiger partial charge on any atom is 0.307 e. The summed E-state index contributed by atoms with van der Waals surface area (Å²) in [7, 11) is 0. The van der Waals surface area contributed by atoms with E-state index in [4.69, 9.17) is 4.74 Å². The van der Waals surface area contributed by atoms with E-state index in [1.807, 2.05) is 6.92 Å². The SMILES string of the molecule is CC1CC(C(=O)O)C(C(=O)NCCOC2CCCCC2)C1. The van der Waals surface area contributed by atoms with Crippen molar-refractivity contribution in [1.29, 1.82) is 0 Å². The van der Waals surface area contributed by atoms with E-state index in [9.17, 15) is 14.7 Å². The molecule has 120 valence electrons. The minimum Gasteiger partial charge on any atom is -0.481 e. The van der Waals surface area contributed by atoms with Crippen molar-refractivity contribution in [3.05, 3.63) is 0 Å². The number of carboxylic acids is 1. The Morgan fingerprint density at radius 2 is 1.81 bits per heavy atom. The second-order valence-electron chi connectivity index (χ2n) is 6.55. The molecule has 0 saturated heterocycles. The highest BCUT2D eigenvalue weighted by Crippen LogP contribution is 2.36. The molecule has 0 aromatic carbocycles. The molecule has 2 saturated carbocycles. The number of ether oxygens (including phenoxy) is 1. The molecule has 2 fully saturated rings. The Morgan fingerprint density at radius 3 is 2.48 bits per heavy atom. The fourth-order valence-corrected chi connectivity index (χ4v) is 3.62. The average molecular weight is 297 g/mol. The molecule has 1 amide bonds. The van der Waals surface area contributed by atoms with Gasteiger partial charge < -0.3 is 15.2 Å². The van der Waals surface area contributed by atoms with Crippen molar-refractivity contribution in [2.75, 3.05) is 13.2 Å². The third-order valence-electron chi connectivity index (χ3n) is 4.76. The van der Waals surface area contributed by atoms with E-state index in [-0.39, 0.29) is 11.8 Å². The van der Waals surface area contributed by atoms with Crippen LogP contribution in [0.1, 0.15) is 51.9 Å². The first kappa shape index (κ1) is 16.3. The smallest absolute Gasteiger partial charge is 0.307 e. The second-order valence-corrected chi connectivity index (χ2v) is 6.55. The Balaban J connectivity index is 1.67. The van der Waals surface area contributed by atoms with Gasteiger partial charge >= 0.3 is 5.97 Å². The van der Waals surface area contributed by atoms with Crippen LogP contribution in [0.15, 0.2) is 0 Å². The zero-order valence-corrected chi connectivity index (χ0v) is 12.8. The maximum atomic E-state index is 12.1. The molecule has 2 aliphatic rings. The maximum absolute atomic E-state index is 12.1. The van der Waals surface area contributed by atoms with Crippen LogP contribution in [0.3, 0.4) is 0 Å². The zero-order chi connectivity index (χ0) is 15.2. The predicted octanol–water partition coefficient (Wildman–Crippen LogP) is 2.20. The van der Waals surface area contributed by atoms with Crippen LogP contribution in [0.25, 0.3) is 0 Å². The third kappa shape index (κ3) is 4.70. The topological polar surface area (TPSA) is 75.6 Å². The van der Waals surface area contributed by atoms with Crippen molar-refractivity contribution in [2.24, 2.45) is 17.8 Å². The summed E-state index contributed by atoms with van der Waals surface area (Å²) >= 11 is 0. The van der Waals surface area contributed by atoms with E-state index in [0.717, 1.165) is 12.8 Å². The molecule has 2 rings (SSSR count). The minimum absolute atomic E-state index is 0.126. The summed E-state index contributed by atoms with van der Waals surface area (Å²) < 4.78 is 5.76. The fraction of sp³-hybridized carbons (Fsp3) is 0.875. The highest BCUT2D eigenvalue weighted by atomic mass is 16.5. The predicted molar refractivity (Wildman–Crippen MR) is 78.8 cm³/mol. The number of hydrogen-bond donors (Lipinski definition) is 2. The lowest BCUT2D eigenvalue weighted by Crippen LogP contribution is -2.37. The third-order valence-corrected chi connectivity index (χ3v) is 4.76. The number of hydrogen-bond acceptors (Lipinski definition) is 3. The number of carbonyl (C=O) groups excluding carboxylic acids is 1. The Hall–Kier alpha value is -1.10. The van der Waals surface area contributed by atoms with Crippen LogP contribution in [0.4, 0.5) is 0 Å². The first-order valence-electron chi connectivity index (χ1n) is 8.20. The van der Waals surface area contributed by atoms with Gasteiger partial charge in [0.2, 0.25) is 5.91 Å². The average Bonchev–Trinajstić information content (AvgIpc) is 2.87. The summed E-state index contributed by atoms with van der Waals surface area (Å²) in [5.41, 5.74) is 0. The van der Waals surface area contributed by atoms with E-state index in [2.05, 4.69) is 5.32 Å². The molecule has 0 aromatic rings. The van der Waals surface area contributed by atoms with Gasteiger partial charge in [0.1, 0.15) is 0 Å². The molecule has 0 radical (unpaired) electrons. The van der Waals surface area contributed by atoms with Gasteiger partial charge in [-0.3, -0.25) is 9.59 Å². The normalized spacial score (nSPS) is 30.2. The lowest BCUT2D eigenvalue weighted by Gasteiger charge is -2.22. The molecule has 5 nitrogen and oxygen atoms in total. The minimum atomic E-state index is -0.849. The molecule has 2 aliphatic carbocycles. The molecule has 3 unspecified atom stereocenters. The lowest BCUT2D eigenvalue weighted by molar-refractivity contribution is -0.146. The van der Waals surface area contributed by atoms with Crippen LogP contribution < -0.4 is 5.32 Å². The Bertz CT molecular complexity index is 365. The van der Waals surface area contributed by atoms with Gasteiger partial charge in [-0.25, -0.2) is 0 Å². The van der Waals surface area contributed by atoms with Crippen LogP contribution in [0.5, 0.6) is 0 Å². The van der Waals surface area contributed by atoms with E-state index in [1.54, 1.807) is 0 Å². The van der Waals surface area contributed by atoms with Crippen LogP contribution in [-0.2, 0) is 14.3 Å². The van der Waals surface area contributed by atoms with Gasteiger partial charge in [-0.2, -0.15) is 0 Å². The number of aliphatic carboxylic acids is 1. The van der Waals surface area contributed by atoms with Crippen molar-refractivity contribution >= 4 is 11.9 Å². The zero-order valence-electron chi connectivity index (χ0n) is 12.8. The van der Waals surface area contributed by atoms with E-state index in [0.29, 0.717) is 38.0 Å². The van der Waals surface area contributed by atoms with Crippen LogP contribution in [-0.4, -0.2) is 36.2 Å². The highest BCUT2D eigenvalue weighted by molar-refractivity contribution is 5.85. The number of rotatable bonds is 6. The van der Waals surface area contributed by atoms with Crippen molar-refractivity contribution in [3.63, 3.8) is 0 Å². The molecule has 5 heteroatoms. The molecule has 2 N–H and O–H groups in total. The summed E-state index contributed by atoms with van der Waals surface area (Å²) in [5.74, 6) is -1.58. The molecular weight excluding hydrogens is 270 g/mol. The van der Waals surface area contributed by atoms with Crippen LogP contribution in [0, 0.1) is 17.8 Å². The van der Waals surface area contributed by atoms with E-state index >= 15 is 0 Å². The van der Waals surface area contributed by atoms with E-state index < -0.39 is 11.9 Å². The van der Waals surface area contributed by atoms with Crippen LogP contribution in [0.2, 0.25) is 0 Å². The quantitative estimate of drug-likeness (QED) is 0.737. The Kier molecular flexibility index (Phi) is 6.03. The Morgan fingerprint density at radius 1 is 1.14 bits per heavy atom. The molecule has 0 spiro atoms. The lowest BCUT2D eigenvalue weighted by atomic mass is 9.95. The Labute approximate surface area is 126 Å². The van der Waals surface area contributed by atoms with Crippen molar-refractivity contribution < 1.29 is 19.4 Å². The molecule has 0 aromatic heterocycles. The van der Waals surface area contributed by atoms with Gasteiger partial charge in [-0.1, -0.05) is 26.2 Å². The first-order valence-corrected chi connectivity index (χ1v) is 8.20. The van der Waals surface area contributed by atoms with Crippen molar-refractivity contribution in [1.82, 2.24) is 5.32 Å². The van der Waals surface area contributed by atoms with Crippen LogP contribution >= 0.6 is 0 Å². The van der Waals surface area contributed by atoms with Gasteiger partial charge in [0, 0.05) is 6.54 Å².